The van der Waals surface area contributed by atoms with Crippen molar-refractivity contribution in [2.45, 2.75) is 20.8 Å². The predicted octanol–water partition coefficient (Wildman–Crippen LogP) is 5.64. The summed E-state index contributed by atoms with van der Waals surface area (Å²) in [4.78, 5) is 0. The van der Waals surface area contributed by atoms with Crippen molar-refractivity contribution in [1.82, 2.24) is 0 Å². The van der Waals surface area contributed by atoms with Crippen LogP contribution in [0.15, 0.2) is 31.4 Å². The number of halogens is 2. The third kappa shape index (κ3) is 2.59. The van der Waals surface area contributed by atoms with Crippen molar-refractivity contribution in [3.8, 4) is 0 Å². The van der Waals surface area contributed by atoms with Gasteiger partial charge >= 0.3 is 0 Å². The molecule has 1 rings (SSSR count). The summed E-state index contributed by atoms with van der Waals surface area (Å²) in [7, 11) is 0. The molecule has 0 spiro atoms. The summed E-state index contributed by atoms with van der Waals surface area (Å²) in [6, 6.07) is 2.13. The Balaban J connectivity index is 3.34. The summed E-state index contributed by atoms with van der Waals surface area (Å²) in [5.41, 5.74) is 4.88. The molecule has 0 aliphatic heterocycles. The van der Waals surface area contributed by atoms with Crippen LogP contribution in [0.5, 0.6) is 0 Å². The largest absolute Gasteiger partial charge is 0.121 e. The van der Waals surface area contributed by atoms with Gasteiger partial charge in [-0.15, -0.1) is 11.3 Å². The van der Waals surface area contributed by atoms with E-state index in [1.165, 1.54) is 16.7 Å². The van der Waals surface area contributed by atoms with E-state index in [1.807, 2.05) is 6.92 Å². The second kappa shape index (κ2) is 4.77. The Morgan fingerprint density at radius 2 is 1.86 bits per heavy atom. The molecule has 1 aromatic rings. The zero-order valence-electron chi connectivity index (χ0n) is 8.45. The van der Waals surface area contributed by atoms with Crippen LogP contribution in [-0.4, -0.2) is 0 Å². The number of hydrogen-bond acceptors (Lipinski definition) is 1. The predicted molar refractivity (Wildman–Crippen MR) is 72.8 cm³/mol. The van der Waals surface area contributed by atoms with Crippen LogP contribution in [0.1, 0.15) is 26.3 Å². The average Bonchev–Trinajstić information content (AvgIpc) is 2.29. The van der Waals surface area contributed by atoms with E-state index >= 15 is 0 Å². The van der Waals surface area contributed by atoms with E-state index in [2.05, 4.69) is 58.4 Å². The first kappa shape index (κ1) is 12.2. The first-order chi connectivity index (χ1) is 6.43. The zero-order chi connectivity index (χ0) is 10.9. The van der Waals surface area contributed by atoms with Crippen LogP contribution in [0.3, 0.4) is 0 Å². The molecule has 0 amide bonds. The van der Waals surface area contributed by atoms with Crippen LogP contribution in [-0.2, 0) is 0 Å². The number of hydrogen-bond donors (Lipinski definition) is 0. The molecule has 14 heavy (non-hydrogen) atoms. The lowest BCUT2D eigenvalue weighted by Crippen LogP contribution is -1.86. The molecular formula is C11H12Br2S. The van der Waals surface area contributed by atoms with Crippen molar-refractivity contribution >= 4 is 48.8 Å². The van der Waals surface area contributed by atoms with Crippen molar-refractivity contribution in [2.24, 2.45) is 0 Å². The molecule has 0 fully saturated rings. The summed E-state index contributed by atoms with van der Waals surface area (Å²) >= 11 is 8.74. The third-order valence-electron chi connectivity index (χ3n) is 1.85. The van der Waals surface area contributed by atoms with Crippen molar-refractivity contribution in [3.63, 3.8) is 0 Å². The Labute approximate surface area is 106 Å². The lowest BCUT2D eigenvalue weighted by Gasteiger charge is -2.08. The van der Waals surface area contributed by atoms with Crippen LogP contribution in [0.25, 0.3) is 5.57 Å². The van der Waals surface area contributed by atoms with E-state index in [0.717, 1.165) is 13.1 Å². The summed E-state index contributed by atoms with van der Waals surface area (Å²) in [6.07, 6.45) is 0. The topological polar surface area (TPSA) is 0 Å². The highest BCUT2D eigenvalue weighted by atomic mass is 79.9. The Kier molecular flexibility index (Phi) is 4.16. The van der Waals surface area contributed by atoms with E-state index in [1.54, 1.807) is 11.3 Å². The van der Waals surface area contributed by atoms with Gasteiger partial charge in [-0.25, -0.2) is 0 Å². The lowest BCUT2D eigenvalue weighted by molar-refractivity contribution is 1.36. The Morgan fingerprint density at radius 3 is 2.14 bits per heavy atom. The van der Waals surface area contributed by atoms with Crippen LogP contribution in [0, 0.1) is 0 Å². The first-order valence-electron chi connectivity index (χ1n) is 4.22. The highest BCUT2D eigenvalue weighted by Crippen LogP contribution is 2.39. The number of rotatable bonds is 2. The molecule has 0 atom stereocenters. The molecule has 1 heterocycles. The smallest absolute Gasteiger partial charge is 0.0788 e. The standard InChI is InChI=1S/C11H12Br2S/c1-6(2)10(7(3)4)8-5-9(12)14-11(8)13/h5H,1H2,2-4H3. The van der Waals surface area contributed by atoms with Gasteiger partial charge in [-0.1, -0.05) is 17.7 Å². The minimum Gasteiger partial charge on any atom is -0.121 e. The molecule has 0 nitrogen and oxygen atoms in total. The molecule has 0 bridgehead atoms. The van der Waals surface area contributed by atoms with Gasteiger partial charge in [0.25, 0.3) is 0 Å². The maximum Gasteiger partial charge on any atom is 0.0788 e. The fourth-order valence-corrected chi connectivity index (χ4v) is 4.26. The molecule has 0 saturated heterocycles. The number of allylic oxidation sites excluding steroid dienone is 3. The van der Waals surface area contributed by atoms with E-state index < -0.39 is 0 Å². The third-order valence-corrected chi connectivity index (χ3v) is 4.19. The van der Waals surface area contributed by atoms with Crippen LogP contribution >= 0.6 is 43.2 Å². The second-order valence-corrected chi connectivity index (χ2v) is 7.14. The van der Waals surface area contributed by atoms with Gasteiger partial charge in [0.15, 0.2) is 0 Å². The quantitative estimate of drug-likeness (QED) is 0.613. The maximum atomic E-state index is 4.01. The Morgan fingerprint density at radius 1 is 1.29 bits per heavy atom. The number of thiophene rings is 1. The van der Waals surface area contributed by atoms with E-state index in [9.17, 15) is 0 Å². The van der Waals surface area contributed by atoms with Crippen molar-refractivity contribution in [2.75, 3.05) is 0 Å². The monoisotopic (exact) mass is 334 g/mol. The highest BCUT2D eigenvalue weighted by Gasteiger charge is 2.11. The molecule has 0 unspecified atom stereocenters. The molecule has 0 N–H and O–H groups in total. The second-order valence-electron chi connectivity index (χ2n) is 3.39. The van der Waals surface area contributed by atoms with Gasteiger partial charge < -0.3 is 0 Å². The normalized spacial score (nSPS) is 10.1. The Hall–Kier alpha value is 0.140. The van der Waals surface area contributed by atoms with Gasteiger partial charge in [-0.3, -0.25) is 0 Å². The van der Waals surface area contributed by atoms with Gasteiger partial charge in [0.2, 0.25) is 0 Å². The fourth-order valence-electron chi connectivity index (χ4n) is 1.44. The molecule has 0 saturated carbocycles. The van der Waals surface area contributed by atoms with Crippen molar-refractivity contribution < 1.29 is 0 Å². The molecule has 3 heteroatoms. The van der Waals surface area contributed by atoms with Gasteiger partial charge in [0.1, 0.15) is 0 Å². The summed E-state index contributed by atoms with van der Waals surface area (Å²) in [5, 5.41) is 0. The van der Waals surface area contributed by atoms with Gasteiger partial charge in [0, 0.05) is 5.56 Å². The minimum absolute atomic E-state index is 1.11. The van der Waals surface area contributed by atoms with Gasteiger partial charge in [-0.2, -0.15) is 0 Å². The summed E-state index contributed by atoms with van der Waals surface area (Å²) in [5.74, 6) is 0. The van der Waals surface area contributed by atoms with Crippen molar-refractivity contribution in [1.29, 1.82) is 0 Å². The van der Waals surface area contributed by atoms with Crippen LogP contribution in [0.2, 0.25) is 0 Å². The van der Waals surface area contributed by atoms with Crippen molar-refractivity contribution in [3.05, 3.63) is 36.9 Å². The van der Waals surface area contributed by atoms with E-state index in [0.29, 0.717) is 0 Å². The fraction of sp³-hybridized carbons (Fsp3) is 0.273. The Bertz CT molecular complexity index is 395. The highest BCUT2D eigenvalue weighted by molar-refractivity contribution is 9.12. The average molecular weight is 336 g/mol. The maximum absolute atomic E-state index is 4.01. The molecule has 0 aliphatic rings. The molecule has 0 radical (unpaired) electrons. The van der Waals surface area contributed by atoms with Gasteiger partial charge in [0.05, 0.1) is 7.57 Å². The molecular weight excluding hydrogens is 324 g/mol. The zero-order valence-corrected chi connectivity index (χ0v) is 12.4. The van der Waals surface area contributed by atoms with Gasteiger partial charge in [-0.05, 0) is 64.3 Å². The SMILES string of the molecule is C=C(C)C(=C(C)C)c1cc(Br)sc1Br. The molecule has 0 aromatic carbocycles. The first-order valence-corrected chi connectivity index (χ1v) is 6.62. The molecule has 0 aliphatic carbocycles. The van der Waals surface area contributed by atoms with Crippen LogP contribution < -0.4 is 0 Å². The van der Waals surface area contributed by atoms with Crippen LogP contribution in [0.4, 0.5) is 0 Å². The summed E-state index contributed by atoms with van der Waals surface area (Å²) in [6.45, 7) is 10.3. The lowest BCUT2D eigenvalue weighted by atomic mass is 9.99. The minimum atomic E-state index is 1.11. The molecule has 76 valence electrons. The summed E-state index contributed by atoms with van der Waals surface area (Å²) < 4.78 is 2.29. The van der Waals surface area contributed by atoms with E-state index in [-0.39, 0.29) is 0 Å². The molecule has 1 aromatic heterocycles. The van der Waals surface area contributed by atoms with E-state index in [4.69, 9.17) is 0 Å².